The summed E-state index contributed by atoms with van der Waals surface area (Å²) in [6.45, 7) is 1.36. The van der Waals surface area contributed by atoms with Crippen molar-refractivity contribution in [3.63, 3.8) is 0 Å². The normalized spacial score (nSPS) is 21.6. The number of ether oxygens (including phenoxy) is 1. The van der Waals surface area contributed by atoms with Crippen LogP contribution in [0.2, 0.25) is 0 Å². The number of likely N-dealkylation sites (tertiary alicyclic amines) is 1. The van der Waals surface area contributed by atoms with E-state index >= 15 is 0 Å². The number of para-hydroxylation sites is 1. The first-order chi connectivity index (χ1) is 10.7. The van der Waals surface area contributed by atoms with E-state index in [4.69, 9.17) is 10.5 Å². The molecule has 2 atom stereocenters. The summed E-state index contributed by atoms with van der Waals surface area (Å²) in [5.41, 5.74) is 6.66. The molecule has 2 N–H and O–H groups in total. The smallest absolute Gasteiger partial charge is 0.234 e. The molecule has 1 fully saturated rings. The zero-order valence-corrected chi connectivity index (χ0v) is 12.3. The second-order valence-electron chi connectivity index (χ2n) is 5.49. The first-order valence-electron chi connectivity index (χ1n) is 7.36. The van der Waals surface area contributed by atoms with Gasteiger partial charge in [0.25, 0.3) is 0 Å². The van der Waals surface area contributed by atoms with Crippen molar-refractivity contribution < 1.29 is 9.53 Å². The first-order valence-corrected chi connectivity index (χ1v) is 7.36. The van der Waals surface area contributed by atoms with Gasteiger partial charge in [-0.15, -0.1) is 0 Å². The molecule has 1 aromatic heterocycles. The van der Waals surface area contributed by atoms with Crippen LogP contribution in [0.15, 0.2) is 54.9 Å². The predicted octanol–water partition coefficient (Wildman–Crippen LogP) is 1.59. The van der Waals surface area contributed by atoms with Crippen LogP contribution in [-0.2, 0) is 11.3 Å². The Balaban J connectivity index is 1.68. The molecule has 3 rings (SSSR count). The van der Waals surface area contributed by atoms with Gasteiger partial charge in [0.1, 0.15) is 11.9 Å². The van der Waals surface area contributed by atoms with Gasteiger partial charge >= 0.3 is 0 Å². The predicted molar refractivity (Wildman–Crippen MR) is 83.1 cm³/mol. The third-order valence-electron chi connectivity index (χ3n) is 3.87. The number of hydrogen-bond donors (Lipinski definition) is 1. The molecule has 1 aromatic carbocycles. The fourth-order valence-corrected chi connectivity index (χ4v) is 2.83. The molecule has 0 bridgehead atoms. The second kappa shape index (κ2) is 6.58. The molecular weight excluding hydrogens is 278 g/mol. The van der Waals surface area contributed by atoms with E-state index in [9.17, 15) is 4.79 Å². The Morgan fingerprint density at radius 1 is 1.23 bits per heavy atom. The zero-order chi connectivity index (χ0) is 15.4. The van der Waals surface area contributed by atoms with Gasteiger partial charge in [-0.3, -0.25) is 14.7 Å². The first kappa shape index (κ1) is 14.5. The van der Waals surface area contributed by atoms with Crippen LogP contribution in [0.25, 0.3) is 0 Å². The highest BCUT2D eigenvalue weighted by atomic mass is 16.5. The van der Waals surface area contributed by atoms with E-state index < -0.39 is 0 Å². The minimum Gasteiger partial charge on any atom is -0.489 e. The Morgan fingerprint density at radius 3 is 2.64 bits per heavy atom. The number of aromatic nitrogens is 1. The van der Waals surface area contributed by atoms with Crippen molar-refractivity contribution in [2.45, 2.75) is 25.1 Å². The largest absolute Gasteiger partial charge is 0.489 e. The Hall–Kier alpha value is -2.40. The summed E-state index contributed by atoms with van der Waals surface area (Å²) in [4.78, 5) is 17.8. The van der Waals surface area contributed by atoms with Crippen LogP contribution in [0, 0.1) is 0 Å². The standard InChI is InChI=1S/C17H19N3O2/c18-17(21)16-10-15(22-14-4-2-1-3-5-14)12-20(16)11-13-6-8-19-9-7-13/h1-9,15-16H,10-12H2,(H2,18,21)/t15-,16-/m0/s1. The van der Waals surface area contributed by atoms with Crippen molar-refractivity contribution in [3.8, 4) is 5.75 Å². The minimum atomic E-state index is -0.298. The van der Waals surface area contributed by atoms with Crippen LogP contribution >= 0.6 is 0 Å². The summed E-state index contributed by atoms with van der Waals surface area (Å²) in [6, 6.07) is 13.3. The monoisotopic (exact) mass is 297 g/mol. The van der Waals surface area contributed by atoms with E-state index in [1.54, 1.807) is 12.4 Å². The Morgan fingerprint density at radius 2 is 1.95 bits per heavy atom. The van der Waals surface area contributed by atoms with Crippen molar-refractivity contribution >= 4 is 5.91 Å². The summed E-state index contributed by atoms with van der Waals surface area (Å²) in [5.74, 6) is 0.523. The lowest BCUT2D eigenvalue weighted by molar-refractivity contribution is -0.122. The van der Waals surface area contributed by atoms with E-state index in [0.717, 1.165) is 11.3 Å². The molecule has 0 saturated carbocycles. The van der Waals surface area contributed by atoms with Crippen LogP contribution in [0.3, 0.4) is 0 Å². The fraction of sp³-hybridized carbons (Fsp3) is 0.294. The van der Waals surface area contributed by atoms with Crippen LogP contribution in [0.5, 0.6) is 5.75 Å². The highest BCUT2D eigenvalue weighted by molar-refractivity contribution is 5.80. The molecule has 1 saturated heterocycles. The van der Waals surface area contributed by atoms with Crippen LogP contribution in [0.4, 0.5) is 0 Å². The van der Waals surface area contributed by atoms with Gasteiger partial charge in [-0.05, 0) is 29.8 Å². The maximum Gasteiger partial charge on any atom is 0.234 e. The number of nitrogens with zero attached hydrogens (tertiary/aromatic N) is 2. The van der Waals surface area contributed by atoms with E-state index in [-0.39, 0.29) is 18.1 Å². The fourth-order valence-electron chi connectivity index (χ4n) is 2.83. The van der Waals surface area contributed by atoms with Gasteiger partial charge in [-0.25, -0.2) is 0 Å². The Kier molecular flexibility index (Phi) is 4.34. The second-order valence-corrected chi connectivity index (χ2v) is 5.49. The molecule has 5 heteroatoms. The molecule has 5 nitrogen and oxygen atoms in total. The van der Waals surface area contributed by atoms with Crippen LogP contribution in [-0.4, -0.2) is 34.5 Å². The third-order valence-corrected chi connectivity index (χ3v) is 3.87. The lowest BCUT2D eigenvalue weighted by Crippen LogP contribution is -2.39. The van der Waals surface area contributed by atoms with Crippen molar-refractivity contribution in [2.24, 2.45) is 5.73 Å². The number of pyridine rings is 1. The number of amides is 1. The van der Waals surface area contributed by atoms with Gasteiger partial charge in [0, 0.05) is 31.9 Å². The Labute approximate surface area is 129 Å². The van der Waals surface area contributed by atoms with Crippen molar-refractivity contribution in [3.05, 3.63) is 60.4 Å². The van der Waals surface area contributed by atoms with E-state index in [2.05, 4.69) is 9.88 Å². The molecule has 1 aliphatic rings. The number of rotatable bonds is 5. The molecule has 1 amide bonds. The number of carbonyl (C=O) groups is 1. The summed E-state index contributed by atoms with van der Waals surface area (Å²) in [5, 5.41) is 0. The van der Waals surface area contributed by atoms with Crippen molar-refractivity contribution in [1.82, 2.24) is 9.88 Å². The molecule has 114 valence electrons. The molecule has 2 aromatic rings. The van der Waals surface area contributed by atoms with Gasteiger partial charge in [-0.2, -0.15) is 0 Å². The summed E-state index contributed by atoms with van der Waals surface area (Å²) >= 11 is 0. The molecule has 1 aliphatic heterocycles. The number of hydrogen-bond acceptors (Lipinski definition) is 4. The molecule has 2 heterocycles. The average molecular weight is 297 g/mol. The quantitative estimate of drug-likeness (QED) is 0.910. The molecular formula is C17H19N3O2. The third kappa shape index (κ3) is 3.43. The van der Waals surface area contributed by atoms with Gasteiger partial charge in [0.05, 0.1) is 6.04 Å². The van der Waals surface area contributed by atoms with E-state index in [1.165, 1.54) is 0 Å². The Bertz CT molecular complexity index is 618. The topological polar surface area (TPSA) is 68.5 Å². The maximum atomic E-state index is 11.7. The molecule has 0 radical (unpaired) electrons. The van der Waals surface area contributed by atoms with Gasteiger partial charge in [0.2, 0.25) is 5.91 Å². The highest BCUT2D eigenvalue weighted by Gasteiger charge is 2.36. The molecule has 0 aliphatic carbocycles. The van der Waals surface area contributed by atoms with Crippen molar-refractivity contribution in [1.29, 1.82) is 0 Å². The molecule has 0 unspecified atom stereocenters. The summed E-state index contributed by atoms with van der Waals surface area (Å²) in [7, 11) is 0. The minimum absolute atomic E-state index is 0.0262. The number of nitrogens with two attached hydrogens (primary N) is 1. The molecule has 22 heavy (non-hydrogen) atoms. The van der Waals surface area contributed by atoms with Crippen LogP contribution < -0.4 is 10.5 Å². The summed E-state index contributed by atoms with van der Waals surface area (Å²) in [6.07, 6.45) is 4.10. The zero-order valence-electron chi connectivity index (χ0n) is 12.3. The van der Waals surface area contributed by atoms with Gasteiger partial charge in [0.15, 0.2) is 0 Å². The van der Waals surface area contributed by atoms with Crippen molar-refractivity contribution in [2.75, 3.05) is 6.54 Å². The summed E-state index contributed by atoms with van der Waals surface area (Å²) < 4.78 is 5.96. The maximum absolute atomic E-state index is 11.7. The number of carbonyl (C=O) groups excluding carboxylic acids is 1. The van der Waals surface area contributed by atoms with Crippen LogP contribution in [0.1, 0.15) is 12.0 Å². The average Bonchev–Trinajstić information content (AvgIpc) is 2.92. The number of primary amides is 1. The SMILES string of the molecule is NC(=O)[C@@H]1C[C@H](Oc2ccccc2)CN1Cc1ccncc1. The lowest BCUT2D eigenvalue weighted by Gasteiger charge is -2.21. The van der Waals surface area contributed by atoms with E-state index in [1.807, 2.05) is 42.5 Å². The van der Waals surface area contributed by atoms with Gasteiger partial charge in [-0.1, -0.05) is 18.2 Å². The highest BCUT2D eigenvalue weighted by Crippen LogP contribution is 2.24. The molecule has 0 spiro atoms. The van der Waals surface area contributed by atoms with E-state index in [0.29, 0.717) is 19.5 Å². The lowest BCUT2D eigenvalue weighted by atomic mass is 10.2. The number of benzene rings is 1. The van der Waals surface area contributed by atoms with Gasteiger partial charge < -0.3 is 10.5 Å².